The molecule has 1 N–H and O–H groups in total. The average molecular weight is 298 g/mol. The van der Waals surface area contributed by atoms with E-state index in [4.69, 9.17) is 0 Å². The largest absolute Gasteiger partial charge is 0.345 e. The molecule has 1 atom stereocenters. The lowest BCUT2D eigenvalue weighted by Gasteiger charge is -2.28. The quantitative estimate of drug-likeness (QED) is 0.580. The third-order valence-corrected chi connectivity index (χ3v) is 4.44. The second kappa shape index (κ2) is 7.47. The van der Waals surface area contributed by atoms with Crippen molar-refractivity contribution in [1.82, 2.24) is 9.62 Å². The highest BCUT2D eigenvalue weighted by Crippen LogP contribution is 2.27. The molecule has 0 fully saturated rings. The topological polar surface area (TPSA) is 66.5 Å². The number of carbonyl (C=O) groups is 3. The van der Waals surface area contributed by atoms with Crippen LogP contribution in [0.25, 0.3) is 0 Å². The molecular weight excluding hydrogens is 276 g/mol. The number of nitrogens with zero attached hydrogens (tertiary/aromatic N) is 1. The molecule has 1 aliphatic rings. The number of carbonyl (C=O) groups excluding carboxylic acids is 3. The van der Waals surface area contributed by atoms with E-state index in [1.165, 1.54) is 12.2 Å². The van der Waals surface area contributed by atoms with Crippen LogP contribution < -0.4 is 5.32 Å². The van der Waals surface area contributed by atoms with Crippen molar-refractivity contribution in [3.8, 4) is 0 Å². The van der Waals surface area contributed by atoms with Crippen LogP contribution in [0.5, 0.6) is 0 Å². The first-order valence-electron chi connectivity index (χ1n) is 6.94. The van der Waals surface area contributed by atoms with Gasteiger partial charge in [-0.15, -0.1) is 0 Å². The second-order valence-electron chi connectivity index (χ2n) is 5.30. The molecular formula is C14H22N2O3S. The van der Waals surface area contributed by atoms with Gasteiger partial charge in [0.2, 0.25) is 0 Å². The number of rotatable bonds is 7. The number of unbranched alkanes of at least 4 members (excludes halogenated alkanes) is 1. The SMILES string of the molecule is CCCCC(C)(CC)CNC(=O)SN1C(=O)C=CC1=O. The third kappa shape index (κ3) is 4.67. The van der Waals surface area contributed by atoms with Crippen molar-refractivity contribution in [2.24, 2.45) is 5.41 Å². The molecule has 0 aromatic rings. The second-order valence-corrected chi connectivity index (χ2v) is 6.22. The third-order valence-electron chi connectivity index (χ3n) is 3.59. The van der Waals surface area contributed by atoms with E-state index in [2.05, 4.69) is 26.1 Å². The first-order valence-corrected chi connectivity index (χ1v) is 7.71. The Hall–Kier alpha value is -1.30. The first kappa shape index (κ1) is 16.8. The summed E-state index contributed by atoms with van der Waals surface area (Å²) in [6.07, 6.45) is 6.61. The van der Waals surface area contributed by atoms with Crippen LogP contribution >= 0.6 is 11.9 Å². The first-order chi connectivity index (χ1) is 9.41. The molecule has 5 nitrogen and oxygen atoms in total. The maximum absolute atomic E-state index is 11.8. The molecule has 1 heterocycles. The lowest BCUT2D eigenvalue weighted by Crippen LogP contribution is -2.36. The van der Waals surface area contributed by atoms with Crippen molar-refractivity contribution >= 4 is 29.0 Å². The molecule has 6 heteroatoms. The Morgan fingerprint density at radius 1 is 1.30 bits per heavy atom. The normalized spacial score (nSPS) is 17.4. The van der Waals surface area contributed by atoms with E-state index in [-0.39, 0.29) is 10.7 Å². The molecule has 0 saturated carbocycles. The molecule has 0 spiro atoms. The van der Waals surface area contributed by atoms with E-state index in [1.54, 1.807) is 0 Å². The summed E-state index contributed by atoms with van der Waals surface area (Å²) >= 11 is 0.620. The molecule has 0 aliphatic carbocycles. The van der Waals surface area contributed by atoms with Crippen molar-refractivity contribution < 1.29 is 14.4 Å². The molecule has 0 bridgehead atoms. The Kier molecular flexibility index (Phi) is 6.26. The number of hydrogen-bond acceptors (Lipinski definition) is 4. The Labute approximate surface area is 124 Å². The van der Waals surface area contributed by atoms with Crippen molar-refractivity contribution in [3.05, 3.63) is 12.2 Å². The zero-order valence-electron chi connectivity index (χ0n) is 12.3. The smallest absolute Gasteiger partial charge is 0.300 e. The fourth-order valence-electron chi connectivity index (χ4n) is 1.87. The summed E-state index contributed by atoms with van der Waals surface area (Å²) in [5.74, 6) is -0.918. The van der Waals surface area contributed by atoms with Gasteiger partial charge in [0.05, 0.1) is 11.9 Å². The summed E-state index contributed by atoms with van der Waals surface area (Å²) in [6, 6.07) is 0. The number of hydrogen-bond donors (Lipinski definition) is 1. The fourth-order valence-corrected chi connectivity index (χ4v) is 2.48. The Morgan fingerprint density at radius 2 is 1.90 bits per heavy atom. The van der Waals surface area contributed by atoms with Crippen LogP contribution in [0.15, 0.2) is 12.2 Å². The summed E-state index contributed by atoms with van der Waals surface area (Å²) in [5, 5.41) is 2.43. The zero-order valence-corrected chi connectivity index (χ0v) is 13.1. The van der Waals surface area contributed by atoms with Crippen molar-refractivity contribution in [2.45, 2.75) is 46.5 Å². The van der Waals surface area contributed by atoms with E-state index in [0.717, 1.165) is 30.0 Å². The van der Waals surface area contributed by atoms with Gasteiger partial charge in [-0.25, -0.2) is 4.31 Å². The van der Waals surface area contributed by atoms with Crippen LogP contribution in [0, 0.1) is 5.41 Å². The minimum atomic E-state index is -0.459. The molecule has 0 aromatic carbocycles. The number of imide groups is 1. The van der Waals surface area contributed by atoms with Gasteiger partial charge >= 0.3 is 0 Å². The van der Waals surface area contributed by atoms with Gasteiger partial charge in [0, 0.05) is 18.7 Å². The van der Waals surface area contributed by atoms with Gasteiger partial charge < -0.3 is 5.32 Å². The zero-order chi connectivity index (χ0) is 15.2. The van der Waals surface area contributed by atoms with Crippen LogP contribution in [0.1, 0.15) is 46.5 Å². The van der Waals surface area contributed by atoms with Crippen molar-refractivity contribution in [3.63, 3.8) is 0 Å². The van der Waals surface area contributed by atoms with Gasteiger partial charge in [-0.3, -0.25) is 14.4 Å². The number of amides is 3. The van der Waals surface area contributed by atoms with Gasteiger partial charge in [-0.05, 0) is 18.3 Å². The Balaban J connectivity index is 2.42. The standard InChI is InChI=1S/C14H22N2O3S/c1-4-6-9-14(3,5-2)10-15-13(19)20-16-11(17)7-8-12(16)18/h7-8H,4-6,9-10H2,1-3H3,(H,15,19). The van der Waals surface area contributed by atoms with Gasteiger partial charge in [0.15, 0.2) is 0 Å². The maximum Gasteiger partial charge on any atom is 0.300 e. The van der Waals surface area contributed by atoms with E-state index < -0.39 is 11.8 Å². The maximum atomic E-state index is 11.8. The molecule has 1 rings (SSSR count). The van der Waals surface area contributed by atoms with Gasteiger partial charge in [0.1, 0.15) is 0 Å². The van der Waals surface area contributed by atoms with Crippen molar-refractivity contribution in [1.29, 1.82) is 0 Å². The summed E-state index contributed by atoms with van der Waals surface area (Å²) < 4.78 is 0.866. The molecule has 3 amide bonds. The molecule has 1 aliphatic heterocycles. The van der Waals surface area contributed by atoms with E-state index in [0.29, 0.717) is 18.5 Å². The molecule has 1 unspecified atom stereocenters. The summed E-state index contributed by atoms with van der Waals surface area (Å²) in [6.45, 7) is 6.94. The fraction of sp³-hybridized carbons (Fsp3) is 0.643. The molecule has 112 valence electrons. The van der Waals surface area contributed by atoms with Crippen LogP contribution in [0.4, 0.5) is 4.79 Å². The summed E-state index contributed by atoms with van der Waals surface area (Å²) in [7, 11) is 0. The molecule has 0 aromatic heterocycles. The lowest BCUT2D eigenvalue weighted by molar-refractivity contribution is -0.130. The monoisotopic (exact) mass is 298 g/mol. The predicted molar refractivity (Wildman–Crippen MR) is 79.9 cm³/mol. The highest BCUT2D eigenvalue weighted by atomic mass is 32.2. The Bertz CT molecular complexity index is 405. The summed E-state index contributed by atoms with van der Waals surface area (Å²) in [5.41, 5.74) is 0.0590. The van der Waals surface area contributed by atoms with Gasteiger partial charge in [-0.1, -0.05) is 33.6 Å². The minimum absolute atomic E-state index is 0.0590. The van der Waals surface area contributed by atoms with E-state index in [1.807, 2.05) is 0 Å². The van der Waals surface area contributed by atoms with Crippen molar-refractivity contribution in [2.75, 3.05) is 6.54 Å². The van der Waals surface area contributed by atoms with Crippen LogP contribution in [-0.4, -0.2) is 27.9 Å². The predicted octanol–water partition coefficient (Wildman–Crippen LogP) is 2.88. The van der Waals surface area contributed by atoms with E-state index >= 15 is 0 Å². The van der Waals surface area contributed by atoms with Crippen LogP contribution in [-0.2, 0) is 9.59 Å². The van der Waals surface area contributed by atoms with Crippen LogP contribution in [0.3, 0.4) is 0 Å². The molecule has 20 heavy (non-hydrogen) atoms. The van der Waals surface area contributed by atoms with Gasteiger partial charge in [-0.2, -0.15) is 0 Å². The molecule has 0 radical (unpaired) electrons. The Morgan fingerprint density at radius 3 is 2.40 bits per heavy atom. The highest BCUT2D eigenvalue weighted by molar-refractivity contribution is 8.12. The lowest BCUT2D eigenvalue weighted by atomic mass is 9.82. The highest BCUT2D eigenvalue weighted by Gasteiger charge is 2.28. The minimum Gasteiger partial charge on any atom is -0.345 e. The average Bonchev–Trinajstić information content (AvgIpc) is 2.75. The van der Waals surface area contributed by atoms with Gasteiger partial charge in [0.25, 0.3) is 17.1 Å². The van der Waals surface area contributed by atoms with E-state index in [9.17, 15) is 14.4 Å². The summed E-state index contributed by atoms with van der Waals surface area (Å²) in [4.78, 5) is 34.5. The van der Waals surface area contributed by atoms with Crippen LogP contribution in [0.2, 0.25) is 0 Å². The molecule has 0 saturated heterocycles. The number of nitrogens with one attached hydrogen (secondary N) is 1.